The Morgan fingerprint density at radius 2 is 1.90 bits per heavy atom. The van der Waals surface area contributed by atoms with E-state index in [1.165, 1.54) is 11.3 Å². The van der Waals surface area contributed by atoms with Crippen molar-refractivity contribution < 1.29 is 4.79 Å². The molecule has 0 aliphatic heterocycles. The highest BCUT2D eigenvalue weighted by Gasteiger charge is 2.21. The van der Waals surface area contributed by atoms with Gasteiger partial charge in [-0.25, -0.2) is 4.98 Å². The lowest BCUT2D eigenvalue weighted by Crippen LogP contribution is -2.35. The van der Waals surface area contributed by atoms with Gasteiger partial charge in [-0.15, -0.1) is 0 Å². The molecule has 0 radical (unpaired) electrons. The Morgan fingerprint density at radius 1 is 1.13 bits per heavy atom. The van der Waals surface area contributed by atoms with Gasteiger partial charge >= 0.3 is 0 Å². The number of hydrogen-bond acceptors (Lipinski definition) is 4. The average molecular weight is 439 g/mol. The molecule has 4 rings (SSSR count). The van der Waals surface area contributed by atoms with Crippen molar-refractivity contribution in [2.45, 2.75) is 33.7 Å². The first-order chi connectivity index (χ1) is 14.4. The Morgan fingerprint density at radius 3 is 2.60 bits per heavy atom. The van der Waals surface area contributed by atoms with E-state index in [1.54, 1.807) is 4.90 Å². The molecule has 5 nitrogen and oxygen atoms in total. The predicted octanol–water partition coefficient (Wildman–Crippen LogP) is 5.35. The molecular weight excluding hydrogens is 416 g/mol. The van der Waals surface area contributed by atoms with Crippen LogP contribution in [0.25, 0.3) is 10.2 Å². The summed E-state index contributed by atoms with van der Waals surface area (Å²) in [6.07, 6.45) is 0.327. The van der Waals surface area contributed by atoms with Crippen LogP contribution in [0, 0.1) is 20.8 Å². The van der Waals surface area contributed by atoms with E-state index in [0.29, 0.717) is 29.7 Å². The molecule has 0 unspecified atom stereocenters. The van der Waals surface area contributed by atoms with Gasteiger partial charge in [-0.1, -0.05) is 53.3 Å². The Hall–Kier alpha value is -2.70. The van der Waals surface area contributed by atoms with E-state index in [9.17, 15) is 4.79 Å². The second kappa shape index (κ2) is 8.58. The first-order valence-electron chi connectivity index (χ1n) is 9.83. The molecule has 0 N–H and O–H groups in total. The van der Waals surface area contributed by atoms with E-state index in [2.05, 4.69) is 5.10 Å². The Labute approximate surface area is 184 Å². The summed E-state index contributed by atoms with van der Waals surface area (Å²) >= 11 is 7.73. The van der Waals surface area contributed by atoms with Gasteiger partial charge in [0.25, 0.3) is 0 Å². The van der Waals surface area contributed by atoms with Crippen LogP contribution in [0.2, 0.25) is 5.02 Å². The summed E-state index contributed by atoms with van der Waals surface area (Å²) in [6.45, 7) is 7.10. The summed E-state index contributed by atoms with van der Waals surface area (Å²) in [5.74, 6) is 0.0190. The van der Waals surface area contributed by atoms with Gasteiger partial charge < -0.3 is 0 Å². The summed E-state index contributed by atoms with van der Waals surface area (Å²) in [5.41, 5.74) is 4.94. The molecule has 4 aromatic rings. The highest BCUT2D eigenvalue weighted by molar-refractivity contribution is 7.22. The zero-order valence-electron chi connectivity index (χ0n) is 17.2. The molecular formula is C23H23ClN4OS. The molecule has 0 aliphatic rings. The second-order valence-electron chi connectivity index (χ2n) is 7.42. The van der Waals surface area contributed by atoms with Gasteiger partial charge in [-0.05, 0) is 50.1 Å². The number of thiazole rings is 1. The zero-order chi connectivity index (χ0) is 21.3. The highest BCUT2D eigenvalue weighted by Crippen LogP contribution is 2.33. The number of carbonyl (C=O) groups is 1. The number of amides is 1. The SMILES string of the molecule is Cc1cc(C)n(CCN(C(=O)Cc2ccccc2)c2nc3c(C)cc(Cl)cc3s2)n1. The van der Waals surface area contributed by atoms with Crippen LogP contribution in [-0.2, 0) is 17.8 Å². The first kappa shape index (κ1) is 20.6. The van der Waals surface area contributed by atoms with E-state index in [1.807, 2.05) is 74.0 Å². The quantitative estimate of drug-likeness (QED) is 0.408. The highest BCUT2D eigenvalue weighted by atomic mass is 35.5. The van der Waals surface area contributed by atoms with Gasteiger partial charge in [-0.3, -0.25) is 14.4 Å². The zero-order valence-corrected chi connectivity index (χ0v) is 18.8. The van der Waals surface area contributed by atoms with E-state index >= 15 is 0 Å². The van der Waals surface area contributed by atoms with Crippen molar-refractivity contribution in [1.29, 1.82) is 0 Å². The fourth-order valence-electron chi connectivity index (χ4n) is 3.55. The van der Waals surface area contributed by atoms with Crippen molar-refractivity contribution in [3.63, 3.8) is 0 Å². The summed E-state index contributed by atoms with van der Waals surface area (Å²) in [4.78, 5) is 19.9. The number of nitrogens with zero attached hydrogens (tertiary/aromatic N) is 4. The largest absolute Gasteiger partial charge is 0.286 e. The van der Waals surface area contributed by atoms with Crippen LogP contribution in [0.5, 0.6) is 0 Å². The maximum Gasteiger partial charge on any atom is 0.233 e. The smallest absolute Gasteiger partial charge is 0.233 e. The van der Waals surface area contributed by atoms with Crippen molar-refractivity contribution in [2.24, 2.45) is 0 Å². The van der Waals surface area contributed by atoms with Crippen molar-refractivity contribution in [1.82, 2.24) is 14.8 Å². The molecule has 7 heteroatoms. The minimum atomic E-state index is 0.0190. The lowest BCUT2D eigenvalue weighted by atomic mass is 10.1. The topological polar surface area (TPSA) is 51.0 Å². The molecule has 0 spiro atoms. The fourth-order valence-corrected chi connectivity index (χ4v) is 5.01. The molecule has 1 amide bonds. The van der Waals surface area contributed by atoms with Gasteiger partial charge in [-0.2, -0.15) is 5.10 Å². The minimum Gasteiger partial charge on any atom is -0.286 e. The normalized spacial score (nSPS) is 11.2. The van der Waals surface area contributed by atoms with Gasteiger partial charge in [0.1, 0.15) is 0 Å². The number of aromatic nitrogens is 3. The van der Waals surface area contributed by atoms with Crippen molar-refractivity contribution in [3.05, 3.63) is 76.1 Å². The minimum absolute atomic E-state index is 0.0190. The van der Waals surface area contributed by atoms with E-state index in [0.717, 1.165) is 32.7 Å². The van der Waals surface area contributed by atoms with E-state index < -0.39 is 0 Å². The van der Waals surface area contributed by atoms with Gasteiger partial charge in [0.15, 0.2) is 5.13 Å². The molecule has 0 fully saturated rings. The van der Waals surface area contributed by atoms with Crippen LogP contribution >= 0.6 is 22.9 Å². The lowest BCUT2D eigenvalue weighted by molar-refractivity contribution is -0.118. The van der Waals surface area contributed by atoms with Crippen molar-refractivity contribution >= 4 is 44.2 Å². The third-order valence-electron chi connectivity index (χ3n) is 5.01. The number of fused-ring (bicyclic) bond motifs is 1. The average Bonchev–Trinajstić information content (AvgIpc) is 3.25. The number of anilines is 1. The van der Waals surface area contributed by atoms with Gasteiger partial charge in [0.2, 0.25) is 5.91 Å². The monoisotopic (exact) mass is 438 g/mol. The predicted molar refractivity (Wildman–Crippen MR) is 124 cm³/mol. The molecule has 2 aromatic carbocycles. The van der Waals surface area contributed by atoms with Crippen LogP contribution in [0.4, 0.5) is 5.13 Å². The number of hydrogen-bond donors (Lipinski definition) is 0. The van der Waals surface area contributed by atoms with Crippen LogP contribution in [0.15, 0.2) is 48.5 Å². The number of rotatable bonds is 6. The maximum absolute atomic E-state index is 13.3. The van der Waals surface area contributed by atoms with Crippen LogP contribution in [0.1, 0.15) is 22.5 Å². The summed E-state index contributed by atoms with van der Waals surface area (Å²) in [7, 11) is 0. The Balaban J connectivity index is 1.66. The van der Waals surface area contributed by atoms with E-state index in [-0.39, 0.29) is 5.91 Å². The lowest BCUT2D eigenvalue weighted by Gasteiger charge is -2.20. The number of carbonyl (C=O) groups excluding carboxylic acids is 1. The molecule has 0 aliphatic carbocycles. The molecule has 2 heterocycles. The standard InChI is InChI=1S/C23H23ClN4OS/c1-15-11-19(24)14-20-22(15)25-23(30-20)27(9-10-28-17(3)12-16(2)26-28)21(29)13-18-7-5-4-6-8-18/h4-8,11-12,14H,9-10,13H2,1-3H3. The Kier molecular flexibility index (Phi) is 5.88. The summed E-state index contributed by atoms with van der Waals surface area (Å²) < 4.78 is 2.92. The van der Waals surface area contributed by atoms with Crippen LogP contribution < -0.4 is 4.90 Å². The third kappa shape index (κ3) is 4.40. The Bertz CT molecular complexity index is 1200. The van der Waals surface area contributed by atoms with E-state index in [4.69, 9.17) is 16.6 Å². The first-order valence-corrected chi connectivity index (χ1v) is 11.0. The molecule has 0 bridgehead atoms. The molecule has 0 saturated carbocycles. The summed E-state index contributed by atoms with van der Waals surface area (Å²) in [5, 5.41) is 5.90. The van der Waals surface area contributed by atoms with Gasteiger partial charge in [0, 0.05) is 17.3 Å². The van der Waals surface area contributed by atoms with Crippen molar-refractivity contribution in [3.8, 4) is 0 Å². The van der Waals surface area contributed by atoms with Gasteiger partial charge in [0.05, 0.1) is 28.9 Å². The number of aryl methyl sites for hydroxylation is 3. The maximum atomic E-state index is 13.3. The molecule has 2 aromatic heterocycles. The summed E-state index contributed by atoms with van der Waals surface area (Å²) in [6, 6.07) is 15.6. The van der Waals surface area contributed by atoms with Crippen LogP contribution in [-0.4, -0.2) is 27.2 Å². The van der Waals surface area contributed by atoms with Crippen molar-refractivity contribution in [2.75, 3.05) is 11.4 Å². The number of benzene rings is 2. The molecule has 0 atom stereocenters. The molecule has 0 saturated heterocycles. The number of halogens is 1. The second-order valence-corrected chi connectivity index (χ2v) is 8.87. The fraction of sp³-hybridized carbons (Fsp3) is 0.261. The molecule has 30 heavy (non-hydrogen) atoms. The van der Waals surface area contributed by atoms with Crippen LogP contribution in [0.3, 0.4) is 0 Å². The molecule has 154 valence electrons. The third-order valence-corrected chi connectivity index (χ3v) is 6.25.